The summed E-state index contributed by atoms with van der Waals surface area (Å²) < 4.78 is 5.97. The highest BCUT2D eigenvalue weighted by atomic mass is 16.5. The van der Waals surface area contributed by atoms with Crippen molar-refractivity contribution in [2.45, 2.75) is 20.3 Å². The minimum Gasteiger partial charge on any atom is -0.457 e. The minimum atomic E-state index is 0.632. The second-order valence-corrected chi connectivity index (χ2v) is 4.57. The van der Waals surface area contributed by atoms with E-state index in [0.29, 0.717) is 6.54 Å². The molecule has 0 unspecified atom stereocenters. The van der Waals surface area contributed by atoms with Gasteiger partial charge < -0.3 is 10.5 Å². The maximum Gasteiger partial charge on any atom is 0.130 e. The lowest BCUT2D eigenvalue weighted by Crippen LogP contribution is -2.03. The first-order valence-electron chi connectivity index (χ1n) is 6.23. The molecule has 0 atom stereocenters. The van der Waals surface area contributed by atoms with E-state index in [1.54, 1.807) is 0 Å². The van der Waals surface area contributed by atoms with Crippen LogP contribution >= 0.6 is 0 Å². The SMILES string of the molecule is Cc1cc(C)cc(Oc2ccccc2CCN)c1. The monoisotopic (exact) mass is 241 g/mol. The molecule has 0 spiro atoms. The highest BCUT2D eigenvalue weighted by molar-refractivity contribution is 5.40. The Hall–Kier alpha value is -1.80. The molecule has 0 bridgehead atoms. The van der Waals surface area contributed by atoms with Gasteiger partial charge >= 0.3 is 0 Å². The molecule has 0 fully saturated rings. The molecule has 0 heterocycles. The van der Waals surface area contributed by atoms with Gasteiger partial charge in [0.2, 0.25) is 0 Å². The molecular weight excluding hydrogens is 222 g/mol. The first-order valence-corrected chi connectivity index (χ1v) is 6.23. The number of para-hydroxylation sites is 1. The lowest BCUT2D eigenvalue weighted by atomic mass is 10.1. The molecule has 0 aliphatic rings. The third kappa shape index (κ3) is 3.11. The van der Waals surface area contributed by atoms with E-state index in [1.807, 2.05) is 30.3 Å². The van der Waals surface area contributed by atoms with Gasteiger partial charge in [-0.05, 0) is 61.7 Å². The van der Waals surface area contributed by atoms with Crippen LogP contribution in [-0.4, -0.2) is 6.54 Å². The molecule has 0 saturated carbocycles. The fourth-order valence-electron chi connectivity index (χ4n) is 2.08. The van der Waals surface area contributed by atoms with Crippen LogP contribution in [0.1, 0.15) is 16.7 Å². The van der Waals surface area contributed by atoms with Crippen LogP contribution in [0.2, 0.25) is 0 Å². The topological polar surface area (TPSA) is 35.2 Å². The highest BCUT2D eigenvalue weighted by Gasteiger charge is 2.04. The van der Waals surface area contributed by atoms with Gasteiger partial charge in [-0.1, -0.05) is 24.3 Å². The molecule has 2 rings (SSSR count). The number of hydrogen-bond donors (Lipinski definition) is 1. The summed E-state index contributed by atoms with van der Waals surface area (Å²) in [5, 5.41) is 0. The van der Waals surface area contributed by atoms with Gasteiger partial charge in [0, 0.05) is 0 Å². The maximum atomic E-state index is 5.97. The Labute approximate surface area is 108 Å². The third-order valence-corrected chi connectivity index (χ3v) is 2.81. The van der Waals surface area contributed by atoms with Crippen molar-refractivity contribution in [3.05, 3.63) is 59.2 Å². The number of benzene rings is 2. The van der Waals surface area contributed by atoms with Gasteiger partial charge in [-0.25, -0.2) is 0 Å². The average Bonchev–Trinajstić information content (AvgIpc) is 2.30. The maximum absolute atomic E-state index is 5.97. The van der Waals surface area contributed by atoms with Crippen molar-refractivity contribution in [3.8, 4) is 11.5 Å². The van der Waals surface area contributed by atoms with Crippen LogP contribution in [0.3, 0.4) is 0 Å². The van der Waals surface area contributed by atoms with Crippen LogP contribution in [0.5, 0.6) is 11.5 Å². The van der Waals surface area contributed by atoms with Crippen LogP contribution in [-0.2, 0) is 6.42 Å². The number of rotatable bonds is 4. The van der Waals surface area contributed by atoms with Crippen LogP contribution in [0.4, 0.5) is 0 Å². The zero-order chi connectivity index (χ0) is 13.0. The largest absolute Gasteiger partial charge is 0.457 e. The molecule has 2 N–H and O–H groups in total. The number of hydrogen-bond acceptors (Lipinski definition) is 2. The van der Waals surface area contributed by atoms with Gasteiger partial charge in [0.05, 0.1) is 0 Å². The number of ether oxygens (including phenoxy) is 1. The van der Waals surface area contributed by atoms with Crippen molar-refractivity contribution in [1.82, 2.24) is 0 Å². The average molecular weight is 241 g/mol. The first-order chi connectivity index (χ1) is 8.69. The van der Waals surface area contributed by atoms with Crippen molar-refractivity contribution in [1.29, 1.82) is 0 Å². The van der Waals surface area contributed by atoms with Gasteiger partial charge in [0.25, 0.3) is 0 Å². The fraction of sp³-hybridized carbons (Fsp3) is 0.250. The van der Waals surface area contributed by atoms with Gasteiger partial charge in [-0.3, -0.25) is 0 Å². The van der Waals surface area contributed by atoms with E-state index in [9.17, 15) is 0 Å². The Balaban J connectivity index is 2.27. The van der Waals surface area contributed by atoms with Crippen molar-refractivity contribution in [3.63, 3.8) is 0 Å². The van der Waals surface area contributed by atoms with Crippen molar-refractivity contribution in [2.75, 3.05) is 6.54 Å². The molecule has 0 amide bonds. The normalized spacial score (nSPS) is 10.4. The minimum absolute atomic E-state index is 0.632. The van der Waals surface area contributed by atoms with E-state index in [0.717, 1.165) is 23.5 Å². The fourth-order valence-corrected chi connectivity index (χ4v) is 2.08. The summed E-state index contributed by atoms with van der Waals surface area (Å²) in [5.74, 6) is 1.78. The predicted octanol–water partition coefficient (Wildman–Crippen LogP) is 3.60. The third-order valence-electron chi connectivity index (χ3n) is 2.81. The number of aryl methyl sites for hydroxylation is 2. The molecule has 0 radical (unpaired) electrons. The Morgan fingerprint density at radius 1 is 1.00 bits per heavy atom. The Kier molecular flexibility index (Phi) is 4.00. The molecule has 0 aliphatic carbocycles. The van der Waals surface area contributed by atoms with Crippen LogP contribution in [0.15, 0.2) is 42.5 Å². The molecule has 2 nitrogen and oxygen atoms in total. The molecule has 2 aromatic carbocycles. The van der Waals surface area contributed by atoms with Crippen molar-refractivity contribution >= 4 is 0 Å². The summed E-state index contributed by atoms with van der Waals surface area (Å²) in [6.07, 6.45) is 0.834. The Morgan fingerprint density at radius 2 is 1.67 bits per heavy atom. The predicted molar refractivity (Wildman–Crippen MR) is 75.2 cm³/mol. The number of nitrogens with two attached hydrogens (primary N) is 1. The molecule has 0 saturated heterocycles. The van der Waals surface area contributed by atoms with E-state index in [2.05, 4.69) is 26.0 Å². The zero-order valence-corrected chi connectivity index (χ0v) is 10.9. The summed E-state index contributed by atoms with van der Waals surface area (Å²) in [6, 6.07) is 14.3. The van der Waals surface area contributed by atoms with Gasteiger partial charge in [-0.15, -0.1) is 0 Å². The second kappa shape index (κ2) is 5.69. The van der Waals surface area contributed by atoms with E-state index in [4.69, 9.17) is 10.5 Å². The summed E-state index contributed by atoms with van der Waals surface area (Å²) in [5.41, 5.74) is 9.19. The van der Waals surface area contributed by atoms with E-state index in [-0.39, 0.29) is 0 Å². The molecule has 2 aromatic rings. The van der Waals surface area contributed by atoms with Gasteiger partial charge in [-0.2, -0.15) is 0 Å². The lowest BCUT2D eigenvalue weighted by Gasteiger charge is -2.11. The summed E-state index contributed by atoms with van der Waals surface area (Å²) >= 11 is 0. The van der Waals surface area contributed by atoms with E-state index >= 15 is 0 Å². The van der Waals surface area contributed by atoms with E-state index in [1.165, 1.54) is 11.1 Å². The Bertz CT molecular complexity index is 514. The molecule has 2 heteroatoms. The summed E-state index contributed by atoms with van der Waals surface area (Å²) in [6.45, 7) is 4.78. The molecule has 94 valence electrons. The lowest BCUT2D eigenvalue weighted by molar-refractivity contribution is 0.475. The van der Waals surface area contributed by atoms with Gasteiger partial charge in [0.15, 0.2) is 0 Å². The molecule has 0 aromatic heterocycles. The standard InChI is InChI=1S/C16H19NO/c1-12-9-13(2)11-15(10-12)18-16-6-4-3-5-14(16)7-8-17/h3-6,9-11H,7-8,17H2,1-2H3. The highest BCUT2D eigenvalue weighted by Crippen LogP contribution is 2.27. The molecule has 18 heavy (non-hydrogen) atoms. The van der Waals surface area contributed by atoms with Crippen LogP contribution in [0, 0.1) is 13.8 Å². The Morgan fingerprint density at radius 3 is 2.33 bits per heavy atom. The van der Waals surface area contributed by atoms with Crippen LogP contribution < -0.4 is 10.5 Å². The van der Waals surface area contributed by atoms with E-state index < -0.39 is 0 Å². The van der Waals surface area contributed by atoms with Crippen LogP contribution in [0.25, 0.3) is 0 Å². The quantitative estimate of drug-likeness (QED) is 0.887. The van der Waals surface area contributed by atoms with Crippen molar-refractivity contribution in [2.24, 2.45) is 5.73 Å². The second-order valence-electron chi connectivity index (χ2n) is 4.57. The first kappa shape index (κ1) is 12.7. The molecular formula is C16H19NO. The van der Waals surface area contributed by atoms with Gasteiger partial charge in [0.1, 0.15) is 11.5 Å². The van der Waals surface area contributed by atoms with Crippen molar-refractivity contribution < 1.29 is 4.74 Å². The summed E-state index contributed by atoms with van der Waals surface area (Å²) in [4.78, 5) is 0. The smallest absolute Gasteiger partial charge is 0.130 e. The summed E-state index contributed by atoms with van der Waals surface area (Å²) in [7, 11) is 0. The zero-order valence-electron chi connectivity index (χ0n) is 10.9. The molecule has 0 aliphatic heterocycles.